The number of aliphatic hydroxyl groups excluding tert-OH is 1. The minimum Gasteiger partial charge on any atom is -0.489 e. The van der Waals surface area contributed by atoms with Gasteiger partial charge >= 0.3 is 0 Å². The van der Waals surface area contributed by atoms with E-state index in [1.807, 2.05) is 37.3 Å². The fraction of sp³-hybridized carbons (Fsp3) is 0.250. The summed E-state index contributed by atoms with van der Waals surface area (Å²) in [6, 6.07) is 11.1. The van der Waals surface area contributed by atoms with Crippen LogP contribution < -0.4 is 4.74 Å². The Labute approximate surface area is 118 Å². The van der Waals surface area contributed by atoms with E-state index in [9.17, 15) is 5.11 Å². The summed E-state index contributed by atoms with van der Waals surface area (Å²) in [5.74, 6) is 0.768. The van der Waals surface area contributed by atoms with Gasteiger partial charge in [-0.3, -0.25) is 0 Å². The molecular weight excluding hydrogens is 252 g/mol. The van der Waals surface area contributed by atoms with Crippen molar-refractivity contribution in [2.24, 2.45) is 0 Å². The molecule has 0 unspecified atom stereocenters. The normalized spacial score (nSPS) is 11.7. The van der Waals surface area contributed by atoms with Crippen LogP contribution in [0, 0.1) is 18.3 Å². The Morgan fingerprint density at radius 1 is 1.35 bits per heavy atom. The molecule has 1 heterocycles. The van der Waals surface area contributed by atoms with Crippen molar-refractivity contribution in [3.05, 3.63) is 58.9 Å². The second kappa shape index (κ2) is 6.18. The molecule has 1 N–H and O–H groups in total. The van der Waals surface area contributed by atoms with E-state index in [1.165, 1.54) is 0 Å². The van der Waals surface area contributed by atoms with E-state index >= 15 is 0 Å². The van der Waals surface area contributed by atoms with Crippen LogP contribution in [0.3, 0.4) is 0 Å². The Morgan fingerprint density at radius 3 is 2.80 bits per heavy atom. The summed E-state index contributed by atoms with van der Waals surface area (Å²) in [5.41, 5.74) is 3.12. The van der Waals surface area contributed by atoms with Crippen LogP contribution in [0.5, 0.6) is 5.75 Å². The molecule has 1 atom stereocenters. The van der Waals surface area contributed by atoms with Crippen LogP contribution in [0.1, 0.15) is 35.4 Å². The van der Waals surface area contributed by atoms with Crippen molar-refractivity contribution >= 4 is 0 Å². The van der Waals surface area contributed by atoms with E-state index in [0.717, 1.165) is 22.4 Å². The first-order valence-electron chi connectivity index (χ1n) is 6.36. The molecular formula is C16H16N2O2. The van der Waals surface area contributed by atoms with E-state index in [1.54, 1.807) is 19.2 Å². The number of aliphatic hydroxyl groups is 1. The molecule has 0 fully saturated rings. The second-order valence-corrected chi connectivity index (χ2v) is 4.65. The summed E-state index contributed by atoms with van der Waals surface area (Å²) < 4.78 is 5.74. The van der Waals surface area contributed by atoms with Gasteiger partial charge in [0.1, 0.15) is 24.1 Å². The van der Waals surface area contributed by atoms with Crippen molar-refractivity contribution in [3.8, 4) is 11.8 Å². The molecule has 4 heteroatoms. The maximum Gasteiger partial charge on any atom is 0.140 e. The summed E-state index contributed by atoms with van der Waals surface area (Å²) in [6.45, 7) is 4.05. The van der Waals surface area contributed by atoms with Crippen molar-refractivity contribution < 1.29 is 9.84 Å². The van der Waals surface area contributed by atoms with Crippen molar-refractivity contribution in [3.63, 3.8) is 0 Å². The summed E-state index contributed by atoms with van der Waals surface area (Å²) in [4.78, 5) is 3.92. The van der Waals surface area contributed by atoms with E-state index in [4.69, 9.17) is 10.00 Å². The van der Waals surface area contributed by atoms with Crippen LogP contribution in [0.2, 0.25) is 0 Å². The van der Waals surface area contributed by atoms with Crippen LogP contribution in [0.15, 0.2) is 36.5 Å². The smallest absolute Gasteiger partial charge is 0.140 e. The van der Waals surface area contributed by atoms with Crippen LogP contribution in [-0.4, -0.2) is 10.1 Å². The highest BCUT2D eigenvalue weighted by atomic mass is 16.5. The topological polar surface area (TPSA) is 66.1 Å². The number of hydrogen-bond donors (Lipinski definition) is 1. The number of rotatable bonds is 4. The van der Waals surface area contributed by atoms with Gasteiger partial charge in [-0.2, -0.15) is 5.26 Å². The van der Waals surface area contributed by atoms with E-state index in [0.29, 0.717) is 12.3 Å². The zero-order valence-electron chi connectivity index (χ0n) is 11.5. The van der Waals surface area contributed by atoms with Gasteiger partial charge in [-0.25, -0.2) is 4.98 Å². The Bertz CT molecular complexity index is 645. The van der Waals surface area contributed by atoms with Crippen LogP contribution in [0.4, 0.5) is 0 Å². The van der Waals surface area contributed by atoms with Gasteiger partial charge in [0.25, 0.3) is 0 Å². The average molecular weight is 268 g/mol. The summed E-state index contributed by atoms with van der Waals surface area (Å²) >= 11 is 0. The minimum atomic E-state index is -0.485. The molecule has 4 nitrogen and oxygen atoms in total. The number of ether oxygens (including phenoxy) is 1. The van der Waals surface area contributed by atoms with Gasteiger partial charge < -0.3 is 9.84 Å². The predicted molar refractivity (Wildman–Crippen MR) is 75.1 cm³/mol. The first-order chi connectivity index (χ1) is 9.60. The number of benzene rings is 1. The summed E-state index contributed by atoms with van der Waals surface area (Å²) in [5, 5.41) is 18.3. The van der Waals surface area contributed by atoms with Gasteiger partial charge in [0.05, 0.1) is 6.10 Å². The highest BCUT2D eigenvalue weighted by molar-refractivity contribution is 5.37. The van der Waals surface area contributed by atoms with E-state index in [2.05, 4.69) is 4.98 Å². The Balaban J connectivity index is 2.09. The van der Waals surface area contributed by atoms with Crippen molar-refractivity contribution in [2.75, 3.05) is 0 Å². The quantitative estimate of drug-likeness (QED) is 0.925. The molecule has 0 saturated carbocycles. The van der Waals surface area contributed by atoms with Crippen LogP contribution in [-0.2, 0) is 6.61 Å². The number of hydrogen-bond acceptors (Lipinski definition) is 4. The van der Waals surface area contributed by atoms with E-state index in [-0.39, 0.29) is 0 Å². The number of pyridine rings is 1. The third-order valence-corrected chi connectivity index (χ3v) is 3.01. The lowest BCUT2D eigenvalue weighted by atomic mass is 10.1. The van der Waals surface area contributed by atoms with Gasteiger partial charge in [-0.15, -0.1) is 0 Å². The van der Waals surface area contributed by atoms with Gasteiger partial charge in [-0.1, -0.05) is 6.07 Å². The van der Waals surface area contributed by atoms with Crippen molar-refractivity contribution in [1.29, 1.82) is 5.26 Å². The van der Waals surface area contributed by atoms with Crippen LogP contribution in [0.25, 0.3) is 0 Å². The van der Waals surface area contributed by atoms with Gasteiger partial charge in [0.15, 0.2) is 0 Å². The average Bonchev–Trinajstić information content (AvgIpc) is 2.46. The lowest BCUT2D eigenvalue weighted by Crippen LogP contribution is -1.99. The highest BCUT2D eigenvalue weighted by Gasteiger charge is 2.05. The fourth-order valence-corrected chi connectivity index (χ4v) is 1.88. The zero-order chi connectivity index (χ0) is 14.5. The van der Waals surface area contributed by atoms with Crippen LogP contribution >= 0.6 is 0 Å². The highest BCUT2D eigenvalue weighted by Crippen LogP contribution is 2.23. The maximum atomic E-state index is 9.53. The molecule has 0 aliphatic heterocycles. The maximum absolute atomic E-state index is 9.53. The molecule has 2 aromatic rings. The molecule has 0 spiro atoms. The van der Waals surface area contributed by atoms with Gasteiger partial charge in [0.2, 0.25) is 0 Å². The standard InChI is InChI=1S/C16H16N2O2/c1-11-7-14(12(2)19)3-4-16(11)20-10-13-5-6-18-15(8-13)9-17/h3-8,12,19H,10H2,1-2H3/t12-/m0/s1. The number of nitriles is 1. The molecule has 102 valence electrons. The summed E-state index contributed by atoms with van der Waals surface area (Å²) in [7, 11) is 0. The molecule has 1 aromatic carbocycles. The molecule has 20 heavy (non-hydrogen) atoms. The third-order valence-electron chi connectivity index (χ3n) is 3.01. The molecule has 0 saturated heterocycles. The monoisotopic (exact) mass is 268 g/mol. The first-order valence-corrected chi connectivity index (χ1v) is 6.36. The lowest BCUT2D eigenvalue weighted by molar-refractivity contribution is 0.199. The minimum absolute atomic E-state index is 0.381. The number of nitrogens with zero attached hydrogens (tertiary/aromatic N) is 2. The Hall–Kier alpha value is -2.38. The molecule has 0 bridgehead atoms. The molecule has 0 radical (unpaired) electrons. The SMILES string of the molecule is Cc1cc([C@H](C)O)ccc1OCc1ccnc(C#N)c1. The molecule has 1 aromatic heterocycles. The molecule has 0 aliphatic rings. The van der Waals surface area contributed by atoms with Crippen molar-refractivity contribution in [2.45, 2.75) is 26.6 Å². The predicted octanol–water partition coefficient (Wildman–Crippen LogP) is 2.89. The second-order valence-electron chi connectivity index (χ2n) is 4.65. The van der Waals surface area contributed by atoms with Gasteiger partial charge in [-0.05, 0) is 54.8 Å². The Morgan fingerprint density at radius 2 is 2.15 bits per heavy atom. The number of aromatic nitrogens is 1. The number of aryl methyl sites for hydroxylation is 1. The molecule has 0 amide bonds. The van der Waals surface area contributed by atoms with E-state index < -0.39 is 6.10 Å². The molecule has 0 aliphatic carbocycles. The van der Waals surface area contributed by atoms with Gasteiger partial charge in [0, 0.05) is 6.20 Å². The zero-order valence-corrected chi connectivity index (χ0v) is 11.5. The fourth-order valence-electron chi connectivity index (χ4n) is 1.88. The van der Waals surface area contributed by atoms with Crippen molar-refractivity contribution in [1.82, 2.24) is 4.98 Å². The largest absolute Gasteiger partial charge is 0.489 e. The molecule has 2 rings (SSSR count). The Kier molecular flexibility index (Phi) is 4.34. The third kappa shape index (κ3) is 3.34. The lowest BCUT2D eigenvalue weighted by Gasteiger charge is -2.12. The first kappa shape index (κ1) is 14.0. The summed E-state index contributed by atoms with van der Waals surface area (Å²) in [6.07, 6.45) is 1.11.